The predicted octanol–water partition coefficient (Wildman–Crippen LogP) is -0.0225. The first-order valence-electron chi connectivity index (χ1n) is 4.83. The number of carbonyl (C=O) groups is 1. The summed E-state index contributed by atoms with van der Waals surface area (Å²) in [5.41, 5.74) is 5.65. The lowest BCUT2D eigenvalue weighted by atomic mass is 10.1. The normalized spacial score (nSPS) is 12.9. The Morgan fingerprint density at radius 3 is 2.73 bits per heavy atom. The van der Waals surface area contributed by atoms with Crippen LogP contribution in [0.1, 0.15) is 25.6 Å². The SMILES string of the molecule is Cc1nc(CNC(=O)C(N)C(C)C)no1. The van der Waals surface area contributed by atoms with Crippen molar-refractivity contribution in [3.8, 4) is 0 Å². The van der Waals surface area contributed by atoms with Crippen molar-refractivity contribution < 1.29 is 9.32 Å². The third-order valence-corrected chi connectivity index (χ3v) is 2.01. The minimum Gasteiger partial charge on any atom is -0.347 e. The molecule has 0 fully saturated rings. The van der Waals surface area contributed by atoms with Gasteiger partial charge in [-0.05, 0) is 5.92 Å². The number of hydrogen-bond acceptors (Lipinski definition) is 5. The Morgan fingerprint density at radius 2 is 2.27 bits per heavy atom. The molecule has 3 N–H and O–H groups in total. The van der Waals surface area contributed by atoms with Gasteiger partial charge in [0, 0.05) is 6.92 Å². The van der Waals surface area contributed by atoms with Crippen LogP contribution in [-0.4, -0.2) is 22.1 Å². The van der Waals surface area contributed by atoms with Crippen LogP contribution in [0.25, 0.3) is 0 Å². The number of nitrogens with two attached hydrogens (primary N) is 1. The van der Waals surface area contributed by atoms with Crippen LogP contribution in [0, 0.1) is 12.8 Å². The van der Waals surface area contributed by atoms with Crippen LogP contribution in [0.15, 0.2) is 4.52 Å². The van der Waals surface area contributed by atoms with Crippen molar-refractivity contribution in [2.24, 2.45) is 11.7 Å². The summed E-state index contributed by atoms with van der Waals surface area (Å²) in [6, 6.07) is -0.502. The molecule has 0 aliphatic rings. The molecule has 0 bridgehead atoms. The van der Waals surface area contributed by atoms with Crippen LogP contribution < -0.4 is 11.1 Å². The van der Waals surface area contributed by atoms with Gasteiger partial charge in [0.1, 0.15) is 0 Å². The molecule has 1 aromatic rings. The Bertz CT molecular complexity index is 335. The summed E-state index contributed by atoms with van der Waals surface area (Å²) in [4.78, 5) is 15.4. The molecule has 84 valence electrons. The van der Waals surface area contributed by atoms with Gasteiger partial charge in [-0.2, -0.15) is 4.98 Å². The number of rotatable bonds is 4. The van der Waals surface area contributed by atoms with E-state index < -0.39 is 6.04 Å². The smallest absolute Gasteiger partial charge is 0.237 e. The Balaban J connectivity index is 2.40. The molecule has 0 aliphatic carbocycles. The fourth-order valence-corrected chi connectivity index (χ4v) is 1.000. The minimum atomic E-state index is -0.502. The van der Waals surface area contributed by atoms with Gasteiger partial charge in [-0.25, -0.2) is 0 Å². The van der Waals surface area contributed by atoms with Crippen molar-refractivity contribution in [1.29, 1.82) is 0 Å². The summed E-state index contributed by atoms with van der Waals surface area (Å²) in [6.07, 6.45) is 0. The van der Waals surface area contributed by atoms with Gasteiger partial charge in [0.05, 0.1) is 12.6 Å². The summed E-state index contributed by atoms with van der Waals surface area (Å²) < 4.78 is 4.76. The molecule has 1 unspecified atom stereocenters. The Morgan fingerprint density at radius 1 is 1.60 bits per heavy atom. The Hall–Kier alpha value is -1.43. The van der Waals surface area contributed by atoms with Crippen LogP contribution in [0.5, 0.6) is 0 Å². The van der Waals surface area contributed by atoms with E-state index in [1.165, 1.54) is 0 Å². The minimum absolute atomic E-state index is 0.108. The highest BCUT2D eigenvalue weighted by molar-refractivity contribution is 5.81. The van der Waals surface area contributed by atoms with Crippen molar-refractivity contribution in [2.45, 2.75) is 33.4 Å². The van der Waals surface area contributed by atoms with E-state index in [1.807, 2.05) is 13.8 Å². The molecule has 15 heavy (non-hydrogen) atoms. The highest BCUT2D eigenvalue weighted by atomic mass is 16.5. The number of aryl methyl sites for hydroxylation is 1. The Labute approximate surface area is 88.2 Å². The van der Waals surface area contributed by atoms with E-state index in [1.54, 1.807) is 6.92 Å². The molecule has 1 rings (SSSR count). The molecule has 0 saturated heterocycles. The summed E-state index contributed by atoms with van der Waals surface area (Å²) in [7, 11) is 0. The fraction of sp³-hybridized carbons (Fsp3) is 0.667. The maximum absolute atomic E-state index is 11.4. The van der Waals surface area contributed by atoms with Gasteiger partial charge in [-0.15, -0.1) is 0 Å². The van der Waals surface area contributed by atoms with Crippen LogP contribution in [0.2, 0.25) is 0 Å². The van der Waals surface area contributed by atoms with Gasteiger partial charge in [-0.1, -0.05) is 19.0 Å². The second kappa shape index (κ2) is 4.88. The zero-order chi connectivity index (χ0) is 11.4. The third kappa shape index (κ3) is 3.32. The Kier molecular flexibility index (Phi) is 3.79. The van der Waals surface area contributed by atoms with Crippen LogP contribution in [0.4, 0.5) is 0 Å². The first-order chi connectivity index (χ1) is 7.00. The lowest BCUT2D eigenvalue weighted by Gasteiger charge is -2.14. The summed E-state index contributed by atoms with van der Waals surface area (Å²) in [6.45, 7) is 5.72. The van der Waals surface area contributed by atoms with E-state index in [0.29, 0.717) is 11.7 Å². The number of nitrogens with zero attached hydrogens (tertiary/aromatic N) is 2. The number of hydrogen-bond donors (Lipinski definition) is 2. The molecule has 1 heterocycles. The summed E-state index contributed by atoms with van der Waals surface area (Å²) >= 11 is 0. The molecule has 0 aliphatic heterocycles. The topological polar surface area (TPSA) is 94.0 Å². The number of nitrogens with one attached hydrogen (secondary N) is 1. The molecular formula is C9H16N4O2. The highest BCUT2D eigenvalue weighted by Gasteiger charge is 2.17. The van der Waals surface area contributed by atoms with Crippen LogP contribution in [-0.2, 0) is 11.3 Å². The number of aromatic nitrogens is 2. The first kappa shape index (κ1) is 11.6. The standard InChI is InChI=1S/C9H16N4O2/c1-5(2)8(10)9(14)11-4-7-12-6(3)15-13-7/h5,8H,4,10H2,1-3H3,(H,11,14). The van der Waals surface area contributed by atoms with E-state index in [2.05, 4.69) is 15.5 Å². The number of amides is 1. The summed E-state index contributed by atoms with van der Waals surface area (Å²) in [5.74, 6) is 0.841. The van der Waals surface area contributed by atoms with E-state index >= 15 is 0 Å². The largest absolute Gasteiger partial charge is 0.347 e. The maximum atomic E-state index is 11.4. The molecular weight excluding hydrogens is 196 g/mol. The van der Waals surface area contributed by atoms with Crippen molar-refractivity contribution in [3.63, 3.8) is 0 Å². The van der Waals surface area contributed by atoms with Gasteiger partial charge >= 0.3 is 0 Å². The van der Waals surface area contributed by atoms with Gasteiger partial charge in [0.15, 0.2) is 5.82 Å². The van der Waals surface area contributed by atoms with E-state index in [9.17, 15) is 4.79 Å². The lowest BCUT2D eigenvalue weighted by molar-refractivity contribution is -0.123. The second-order valence-electron chi connectivity index (χ2n) is 3.72. The third-order valence-electron chi connectivity index (χ3n) is 2.01. The van der Waals surface area contributed by atoms with Gasteiger partial charge in [0.25, 0.3) is 0 Å². The zero-order valence-electron chi connectivity index (χ0n) is 9.15. The lowest BCUT2D eigenvalue weighted by Crippen LogP contribution is -2.43. The van der Waals surface area contributed by atoms with Gasteiger partial charge < -0.3 is 15.6 Å². The molecule has 1 aromatic heterocycles. The van der Waals surface area contributed by atoms with Crippen LogP contribution >= 0.6 is 0 Å². The van der Waals surface area contributed by atoms with Crippen LogP contribution in [0.3, 0.4) is 0 Å². The van der Waals surface area contributed by atoms with Crippen molar-refractivity contribution >= 4 is 5.91 Å². The second-order valence-corrected chi connectivity index (χ2v) is 3.72. The average molecular weight is 212 g/mol. The molecule has 0 saturated carbocycles. The fourth-order valence-electron chi connectivity index (χ4n) is 1.000. The predicted molar refractivity (Wildman–Crippen MR) is 53.7 cm³/mol. The van der Waals surface area contributed by atoms with Crippen molar-refractivity contribution in [1.82, 2.24) is 15.5 Å². The van der Waals surface area contributed by atoms with E-state index in [4.69, 9.17) is 10.3 Å². The van der Waals surface area contributed by atoms with Gasteiger partial charge in [-0.3, -0.25) is 4.79 Å². The highest BCUT2D eigenvalue weighted by Crippen LogP contribution is 1.99. The van der Waals surface area contributed by atoms with Crippen molar-refractivity contribution in [3.05, 3.63) is 11.7 Å². The number of carbonyl (C=O) groups excluding carboxylic acids is 1. The maximum Gasteiger partial charge on any atom is 0.237 e. The quantitative estimate of drug-likeness (QED) is 0.731. The van der Waals surface area contributed by atoms with E-state index in [0.717, 1.165) is 0 Å². The molecule has 0 spiro atoms. The zero-order valence-corrected chi connectivity index (χ0v) is 9.15. The van der Waals surface area contributed by atoms with E-state index in [-0.39, 0.29) is 18.4 Å². The first-order valence-corrected chi connectivity index (χ1v) is 4.83. The molecule has 1 amide bonds. The monoisotopic (exact) mass is 212 g/mol. The van der Waals surface area contributed by atoms with Crippen molar-refractivity contribution in [2.75, 3.05) is 0 Å². The molecule has 6 heteroatoms. The molecule has 0 radical (unpaired) electrons. The average Bonchev–Trinajstić information content (AvgIpc) is 2.59. The van der Waals surface area contributed by atoms with Gasteiger partial charge in [0.2, 0.25) is 11.8 Å². The molecule has 6 nitrogen and oxygen atoms in total. The summed E-state index contributed by atoms with van der Waals surface area (Å²) in [5, 5.41) is 6.29. The molecule has 1 atom stereocenters. The molecule has 0 aromatic carbocycles.